The summed E-state index contributed by atoms with van der Waals surface area (Å²) < 4.78 is 16.5. The van der Waals surface area contributed by atoms with Gasteiger partial charge < -0.3 is 9.79 Å². The minimum absolute atomic E-state index is 0.259. The van der Waals surface area contributed by atoms with Gasteiger partial charge in [0.05, 0.1) is 6.10 Å². The number of unbranched alkanes of at least 4 members (excludes halogenated alkanes) is 10. The van der Waals surface area contributed by atoms with E-state index in [0.717, 1.165) is 38.5 Å². The van der Waals surface area contributed by atoms with E-state index in [1.54, 1.807) is 0 Å². The summed E-state index contributed by atoms with van der Waals surface area (Å²) in [6, 6.07) is 0. The van der Waals surface area contributed by atoms with E-state index in [1.807, 2.05) is 0 Å². The second-order valence-electron chi connectivity index (χ2n) is 7.42. The zero-order valence-corrected chi connectivity index (χ0v) is 17.8. The normalized spacial score (nSPS) is 14.6. The first-order valence-corrected chi connectivity index (χ1v) is 12.2. The van der Waals surface area contributed by atoms with Gasteiger partial charge in [0.25, 0.3) is 0 Å². The van der Waals surface area contributed by atoms with Crippen molar-refractivity contribution in [1.82, 2.24) is 0 Å². The van der Waals surface area contributed by atoms with Crippen LogP contribution < -0.4 is 0 Å². The first-order valence-electron chi connectivity index (χ1n) is 10.7. The lowest BCUT2D eigenvalue weighted by Gasteiger charge is -2.26. The molecule has 4 nitrogen and oxygen atoms in total. The van der Waals surface area contributed by atoms with E-state index in [9.17, 15) is 14.4 Å². The Morgan fingerprint density at radius 3 is 1.60 bits per heavy atom. The molecule has 0 aliphatic carbocycles. The smallest absolute Gasteiger partial charge is 0.303 e. The maximum atomic E-state index is 11.4. The fourth-order valence-electron chi connectivity index (χ4n) is 3.52. The third-order valence-electron chi connectivity index (χ3n) is 5.09. The second-order valence-corrected chi connectivity index (χ2v) is 8.61. The molecule has 0 fully saturated rings. The Kier molecular flexibility index (Phi) is 16.4. The first kappa shape index (κ1) is 25.1. The van der Waals surface area contributed by atoms with Gasteiger partial charge in [-0.05, 0) is 18.8 Å². The predicted octanol–water partition coefficient (Wildman–Crippen LogP) is 6.99. The summed E-state index contributed by atoms with van der Waals surface area (Å²) >= 11 is 0. The lowest BCUT2D eigenvalue weighted by Crippen LogP contribution is -2.23. The van der Waals surface area contributed by atoms with Crippen LogP contribution in [0.1, 0.15) is 117 Å². The number of rotatable bonds is 18. The molecule has 0 aliphatic heterocycles. The lowest BCUT2D eigenvalue weighted by molar-refractivity contribution is 0.0725. The first-order chi connectivity index (χ1) is 11.9. The Hall–Kier alpha value is 0.110. The van der Waals surface area contributed by atoms with Gasteiger partial charge in [-0.15, -0.1) is 0 Å². The van der Waals surface area contributed by atoms with Crippen molar-refractivity contribution in [3.8, 4) is 0 Å². The van der Waals surface area contributed by atoms with Crippen LogP contribution in [0, 0.1) is 5.92 Å². The van der Waals surface area contributed by atoms with Crippen LogP contribution in [-0.4, -0.2) is 15.9 Å². The summed E-state index contributed by atoms with van der Waals surface area (Å²) in [4.78, 5) is 18.5. The Morgan fingerprint density at radius 2 is 1.16 bits per heavy atom. The molecule has 2 atom stereocenters. The van der Waals surface area contributed by atoms with Crippen molar-refractivity contribution < 1.29 is 18.9 Å². The molecule has 0 rings (SSSR count). The molecule has 0 aromatic carbocycles. The molecule has 0 heterocycles. The lowest BCUT2D eigenvalue weighted by atomic mass is 9.89. The number of hydrogen-bond donors (Lipinski definition) is 2. The second kappa shape index (κ2) is 16.3. The molecule has 0 aromatic heterocycles. The van der Waals surface area contributed by atoms with Crippen LogP contribution in [0.25, 0.3) is 0 Å². The van der Waals surface area contributed by atoms with Crippen LogP contribution in [0.5, 0.6) is 0 Å². The molecule has 0 aromatic rings. The highest BCUT2D eigenvalue weighted by Crippen LogP contribution is 2.41. The van der Waals surface area contributed by atoms with Crippen LogP contribution in [0.2, 0.25) is 0 Å². The zero-order valence-electron chi connectivity index (χ0n) is 16.9. The van der Waals surface area contributed by atoms with Gasteiger partial charge in [0.2, 0.25) is 0 Å². The van der Waals surface area contributed by atoms with Crippen molar-refractivity contribution in [3.63, 3.8) is 0 Å². The maximum absolute atomic E-state index is 11.4. The van der Waals surface area contributed by atoms with Crippen molar-refractivity contribution >= 4 is 7.82 Å². The van der Waals surface area contributed by atoms with E-state index in [1.165, 1.54) is 57.8 Å². The summed E-state index contributed by atoms with van der Waals surface area (Å²) in [6.07, 6.45) is 17.0. The predicted molar refractivity (Wildman–Crippen MR) is 107 cm³/mol. The average Bonchev–Trinajstić information content (AvgIpc) is 2.55. The molecule has 2 N–H and O–H groups in total. The number of phosphoric ester groups is 1. The summed E-state index contributed by atoms with van der Waals surface area (Å²) in [5.74, 6) is 0.259. The van der Waals surface area contributed by atoms with Crippen molar-refractivity contribution in [2.45, 2.75) is 123 Å². The number of phosphoric acid groups is 1. The molecule has 5 heteroatoms. The summed E-state index contributed by atoms with van der Waals surface area (Å²) in [5, 5.41) is 0. The van der Waals surface area contributed by atoms with E-state index < -0.39 is 7.82 Å². The van der Waals surface area contributed by atoms with E-state index in [-0.39, 0.29) is 12.0 Å². The van der Waals surface area contributed by atoms with Gasteiger partial charge in [-0.3, -0.25) is 4.52 Å². The molecule has 0 saturated carbocycles. The topological polar surface area (TPSA) is 66.8 Å². The molecule has 0 bridgehead atoms. The minimum Gasteiger partial charge on any atom is -0.303 e. The van der Waals surface area contributed by atoms with E-state index >= 15 is 0 Å². The highest BCUT2D eigenvalue weighted by atomic mass is 31.2. The maximum Gasteiger partial charge on any atom is 0.469 e. The standard InChI is InChI=1S/C20H43O4P/c1-4-7-9-11-12-14-16-18-20(24-25(21,22)23)19(6-3)17-15-13-10-8-5-2/h19-20H,4-18H2,1-3H3,(H2,21,22,23). The van der Waals surface area contributed by atoms with Crippen LogP contribution in [0.3, 0.4) is 0 Å². The molecule has 25 heavy (non-hydrogen) atoms. The number of hydrogen-bond acceptors (Lipinski definition) is 2. The Morgan fingerprint density at radius 1 is 0.720 bits per heavy atom. The van der Waals surface area contributed by atoms with Gasteiger partial charge in [-0.2, -0.15) is 0 Å². The van der Waals surface area contributed by atoms with Gasteiger partial charge in [-0.25, -0.2) is 4.57 Å². The molecule has 2 unspecified atom stereocenters. The molecule has 0 amide bonds. The zero-order chi connectivity index (χ0) is 19.0. The molecular weight excluding hydrogens is 335 g/mol. The fraction of sp³-hybridized carbons (Fsp3) is 1.00. The van der Waals surface area contributed by atoms with Crippen LogP contribution in [0.15, 0.2) is 0 Å². The van der Waals surface area contributed by atoms with Gasteiger partial charge >= 0.3 is 7.82 Å². The fourth-order valence-corrected chi connectivity index (χ4v) is 4.15. The minimum atomic E-state index is -4.41. The van der Waals surface area contributed by atoms with E-state index in [0.29, 0.717) is 0 Å². The molecule has 0 aliphatic rings. The van der Waals surface area contributed by atoms with Gasteiger partial charge in [0.15, 0.2) is 0 Å². The molecule has 152 valence electrons. The molecule has 0 spiro atoms. The Labute approximate surface area is 156 Å². The van der Waals surface area contributed by atoms with Gasteiger partial charge in [0.1, 0.15) is 0 Å². The van der Waals surface area contributed by atoms with Gasteiger partial charge in [0, 0.05) is 0 Å². The quantitative estimate of drug-likeness (QED) is 0.199. The van der Waals surface area contributed by atoms with Crippen LogP contribution in [-0.2, 0) is 9.09 Å². The van der Waals surface area contributed by atoms with E-state index in [2.05, 4.69) is 20.8 Å². The molecule has 0 saturated heterocycles. The van der Waals surface area contributed by atoms with Crippen LogP contribution in [0.4, 0.5) is 0 Å². The van der Waals surface area contributed by atoms with Crippen molar-refractivity contribution in [1.29, 1.82) is 0 Å². The third kappa shape index (κ3) is 16.0. The average molecular weight is 379 g/mol. The summed E-state index contributed by atoms with van der Waals surface area (Å²) in [6.45, 7) is 6.54. The SMILES string of the molecule is CCCCCCCCCC(OP(=O)(O)O)C(CC)CCCCCCC. The van der Waals surface area contributed by atoms with Crippen molar-refractivity contribution in [3.05, 3.63) is 0 Å². The summed E-state index contributed by atoms with van der Waals surface area (Å²) in [5.41, 5.74) is 0. The molecular formula is C20H43O4P. The third-order valence-corrected chi connectivity index (χ3v) is 5.64. The molecule has 0 radical (unpaired) electrons. The summed E-state index contributed by atoms with van der Waals surface area (Å²) in [7, 11) is -4.41. The van der Waals surface area contributed by atoms with Crippen molar-refractivity contribution in [2.75, 3.05) is 0 Å². The monoisotopic (exact) mass is 378 g/mol. The highest BCUT2D eigenvalue weighted by molar-refractivity contribution is 7.46. The van der Waals surface area contributed by atoms with Gasteiger partial charge in [-0.1, -0.05) is 104 Å². The Balaban J connectivity index is 4.25. The van der Waals surface area contributed by atoms with E-state index in [4.69, 9.17) is 4.52 Å². The largest absolute Gasteiger partial charge is 0.469 e. The Bertz CT molecular complexity index is 330. The highest BCUT2D eigenvalue weighted by Gasteiger charge is 2.27. The van der Waals surface area contributed by atoms with Crippen molar-refractivity contribution in [2.24, 2.45) is 5.92 Å². The van der Waals surface area contributed by atoms with Crippen LogP contribution >= 0.6 is 7.82 Å².